The number of carbonyl (C=O) groups is 1. The van der Waals surface area contributed by atoms with Gasteiger partial charge in [-0.25, -0.2) is 9.37 Å². The Morgan fingerprint density at radius 1 is 1.12 bits per heavy atom. The van der Waals surface area contributed by atoms with Crippen molar-refractivity contribution in [3.8, 4) is 0 Å². The van der Waals surface area contributed by atoms with E-state index in [-0.39, 0.29) is 11.7 Å². The highest BCUT2D eigenvalue weighted by Crippen LogP contribution is 2.13. The molecule has 25 heavy (non-hydrogen) atoms. The molecule has 0 saturated carbocycles. The zero-order valence-corrected chi connectivity index (χ0v) is 15.0. The normalized spacial score (nSPS) is 10.5. The topological polar surface area (TPSA) is 45.2 Å². The fraction of sp³-hybridized carbons (Fsp3) is 0.400. The van der Waals surface area contributed by atoms with Gasteiger partial charge in [0.25, 0.3) is 5.91 Å². The zero-order chi connectivity index (χ0) is 18.1. The lowest BCUT2D eigenvalue weighted by molar-refractivity contribution is 0.0953. The first-order valence-electron chi connectivity index (χ1n) is 8.88. The molecule has 0 spiro atoms. The van der Waals surface area contributed by atoms with Gasteiger partial charge >= 0.3 is 0 Å². The van der Waals surface area contributed by atoms with E-state index >= 15 is 0 Å². The lowest BCUT2D eigenvalue weighted by Gasteiger charge is -2.22. The molecule has 4 nitrogen and oxygen atoms in total. The van der Waals surface area contributed by atoms with Crippen LogP contribution in [-0.4, -0.2) is 30.5 Å². The number of nitrogens with zero attached hydrogens (tertiary/aromatic N) is 2. The number of benzene rings is 1. The Balaban J connectivity index is 1.90. The van der Waals surface area contributed by atoms with Gasteiger partial charge in [-0.15, -0.1) is 0 Å². The van der Waals surface area contributed by atoms with Gasteiger partial charge in [-0.1, -0.05) is 32.0 Å². The monoisotopic (exact) mass is 343 g/mol. The third-order valence-corrected chi connectivity index (χ3v) is 3.96. The maximum Gasteiger partial charge on any atom is 0.252 e. The van der Waals surface area contributed by atoms with Crippen LogP contribution in [0.3, 0.4) is 0 Å². The van der Waals surface area contributed by atoms with Crippen molar-refractivity contribution in [3.63, 3.8) is 0 Å². The highest BCUT2D eigenvalue weighted by Gasteiger charge is 2.10. The number of pyridine rings is 1. The summed E-state index contributed by atoms with van der Waals surface area (Å²) in [5.74, 6) is 0.467. The molecule has 1 aromatic heterocycles. The molecule has 2 aromatic rings. The predicted molar refractivity (Wildman–Crippen MR) is 99.5 cm³/mol. The molecule has 0 fully saturated rings. The number of nitrogens with one attached hydrogen (secondary N) is 1. The SMILES string of the molecule is CCCN(CCC)c1ccc(C(=O)NCCc2ccccc2F)cn1. The second-order valence-corrected chi connectivity index (χ2v) is 5.99. The van der Waals surface area contributed by atoms with Crippen LogP contribution in [-0.2, 0) is 6.42 Å². The summed E-state index contributed by atoms with van der Waals surface area (Å²) in [7, 11) is 0. The Morgan fingerprint density at radius 2 is 1.84 bits per heavy atom. The molecule has 0 aliphatic heterocycles. The van der Waals surface area contributed by atoms with E-state index in [1.807, 2.05) is 6.07 Å². The summed E-state index contributed by atoms with van der Waals surface area (Å²) in [6.45, 7) is 6.57. The van der Waals surface area contributed by atoms with Gasteiger partial charge in [-0.2, -0.15) is 0 Å². The van der Waals surface area contributed by atoms with Crippen LogP contribution in [0.5, 0.6) is 0 Å². The third-order valence-electron chi connectivity index (χ3n) is 3.96. The van der Waals surface area contributed by atoms with Crippen LogP contribution in [0, 0.1) is 5.82 Å². The highest BCUT2D eigenvalue weighted by atomic mass is 19.1. The Bertz CT molecular complexity index is 667. The lowest BCUT2D eigenvalue weighted by Crippen LogP contribution is -2.27. The standard InChI is InChI=1S/C20H26FN3O/c1-3-13-24(14-4-2)19-10-9-17(15-23-19)20(25)22-12-11-16-7-5-6-8-18(16)21/h5-10,15H,3-4,11-14H2,1-2H3,(H,22,25). The molecule has 0 bridgehead atoms. The van der Waals surface area contributed by atoms with E-state index in [2.05, 4.69) is 29.0 Å². The van der Waals surface area contributed by atoms with Crippen LogP contribution in [0.25, 0.3) is 0 Å². The molecule has 0 atom stereocenters. The van der Waals surface area contributed by atoms with Crippen LogP contribution in [0.4, 0.5) is 10.2 Å². The molecular weight excluding hydrogens is 317 g/mol. The molecule has 1 aromatic carbocycles. The van der Waals surface area contributed by atoms with E-state index in [9.17, 15) is 9.18 Å². The quantitative estimate of drug-likeness (QED) is 0.753. The first-order valence-corrected chi connectivity index (χ1v) is 8.88. The van der Waals surface area contributed by atoms with Crippen molar-refractivity contribution in [2.24, 2.45) is 0 Å². The summed E-state index contributed by atoms with van der Waals surface area (Å²) in [6, 6.07) is 10.3. The second kappa shape index (κ2) is 9.77. The van der Waals surface area contributed by atoms with Crippen molar-refractivity contribution in [3.05, 3.63) is 59.5 Å². The lowest BCUT2D eigenvalue weighted by atomic mass is 10.1. The Hall–Kier alpha value is -2.43. The number of aromatic nitrogens is 1. The molecule has 0 radical (unpaired) electrons. The molecule has 134 valence electrons. The van der Waals surface area contributed by atoms with Gasteiger partial charge in [0, 0.05) is 25.8 Å². The van der Waals surface area contributed by atoms with E-state index in [1.165, 1.54) is 6.07 Å². The van der Waals surface area contributed by atoms with Crippen molar-refractivity contribution in [1.82, 2.24) is 10.3 Å². The maximum absolute atomic E-state index is 13.6. The van der Waals surface area contributed by atoms with Gasteiger partial charge in [0.05, 0.1) is 5.56 Å². The van der Waals surface area contributed by atoms with Crippen molar-refractivity contribution >= 4 is 11.7 Å². The number of halogens is 1. The van der Waals surface area contributed by atoms with Gasteiger partial charge in [-0.05, 0) is 43.0 Å². The van der Waals surface area contributed by atoms with Crippen LogP contribution in [0.2, 0.25) is 0 Å². The van der Waals surface area contributed by atoms with E-state index in [4.69, 9.17) is 0 Å². The van der Waals surface area contributed by atoms with Crippen molar-refractivity contribution in [1.29, 1.82) is 0 Å². The molecular formula is C20H26FN3O. The van der Waals surface area contributed by atoms with Crippen LogP contribution in [0.15, 0.2) is 42.6 Å². The Kier molecular flexibility index (Phi) is 7.38. The van der Waals surface area contributed by atoms with Gasteiger partial charge in [0.15, 0.2) is 0 Å². The van der Waals surface area contributed by atoms with Gasteiger partial charge < -0.3 is 10.2 Å². The third kappa shape index (κ3) is 5.55. The first-order chi connectivity index (χ1) is 12.2. The number of anilines is 1. The van der Waals surface area contributed by atoms with Gasteiger partial charge in [-0.3, -0.25) is 4.79 Å². The van der Waals surface area contributed by atoms with E-state index in [0.29, 0.717) is 24.1 Å². The fourth-order valence-electron chi connectivity index (χ4n) is 2.70. The van der Waals surface area contributed by atoms with E-state index in [0.717, 1.165) is 31.7 Å². The van der Waals surface area contributed by atoms with E-state index in [1.54, 1.807) is 30.5 Å². The number of amides is 1. The number of carbonyl (C=O) groups excluding carboxylic acids is 1. The summed E-state index contributed by atoms with van der Waals surface area (Å²) in [4.78, 5) is 18.8. The Labute approximate surface area is 149 Å². The summed E-state index contributed by atoms with van der Waals surface area (Å²) in [5, 5.41) is 2.81. The number of rotatable bonds is 9. The molecule has 0 aliphatic carbocycles. The summed E-state index contributed by atoms with van der Waals surface area (Å²) in [5.41, 5.74) is 1.12. The van der Waals surface area contributed by atoms with Crippen LogP contribution < -0.4 is 10.2 Å². The average Bonchev–Trinajstić information content (AvgIpc) is 2.63. The minimum atomic E-state index is -0.241. The largest absolute Gasteiger partial charge is 0.357 e. The van der Waals surface area contributed by atoms with Crippen LogP contribution >= 0.6 is 0 Å². The Morgan fingerprint density at radius 3 is 2.44 bits per heavy atom. The summed E-state index contributed by atoms with van der Waals surface area (Å²) in [6.07, 6.45) is 4.18. The maximum atomic E-state index is 13.6. The summed E-state index contributed by atoms with van der Waals surface area (Å²) < 4.78 is 13.6. The van der Waals surface area contributed by atoms with Crippen molar-refractivity contribution in [2.75, 3.05) is 24.5 Å². The number of hydrogen-bond acceptors (Lipinski definition) is 3. The fourth-order valence-corrected chi connectivity index (χ4v) is 2.70. The number of hydrogen-bond donors (Lipinski definition) is 1. The molecule has 1 amide bonds. The van der Waals surface area contributed by atoms with E-state index < -0.39 is 0 Å². The average molecular weight is 343 g/mol. The van der Waals surface area contributed by atoms with Gasteiger partial charge in [0.2, 0.25) is 0 Å². The molecule has 1 heterocycles. The molecule has 1 N–H and O–H groups in total. The van der Waals surface area contributed by atoms with Crippen molar-refractivity contribution in [2.45, 2.75) is 33.1 Å². The molecule has 2 rings (SSSR count). The molecule has 0 aliphatic rings. The molecule has 0 saturated heterocycles. The predicted octanol–water partition coefficient (Wildman–Crippen LogP) is 3.82. The first kappa shape index (κ1) is 18.9. The van der Waals surface area contributed by atoms with Gasteiger partial charge in [0.1, 0.15) is 11.6 Å². The molecule has 5 heteroatoms. The smallest absolute Gasteiger partial charge is 0.252 e. The highest BCUT2D eigenvalue weighted by molar-refractivity contribution is 5.94. The molecule has 0 unspecified atom stereocenters. The minimum Gasteiger partial charge on any atom is -0.357 e. The second-order valence-electron chi connectivity index (χ2n) is 5.99. The minimum absolute atomic E-state index is 0.187. The zero-order valence-electron chi connectivity index (χ0n) is 15.0. The van der Waals surface area contributed by atoms with Crippen molar-refractivity contribution < 1.29 is 9.18 Å². The summed E-state index contributed by atoms with van der Waals surface area (Å²) >= 11 is 0. The van der Waals surface area contributed by atoms with Crippen LogP contribution in [0.1, 0.15) is 42.6 Å².